The summed E-state index contributed by atoms with van der Waals surface area (Å²) in [6.45, 7) is 2.58. The number of hydrogen-bond donors (Lipinski definition) is 3. The van der Waals surface area contributed by atoms with Crippen molar-refractivity contribution in [2.75, 3.05) is 37.6 Å². The highest BCUT2D eigenvalue weighted by Crippen LogP contribution is 2.22. The van der Waals surface area contributed by atoms with Gasteiger partial charge in [-0.05, 0) is 24.6 Å². The van der Waals surface area contributed by atoms with E-state index in [0.717, 1.165) is 5.69 Å². The van der Waals surface area contributed by atoms with Crippen LogP contribution in [0.5, 0.6) is 0 Å². The molecule has 1 atom stereocenters. The highest BCUT2D eigenvalue weighted by atomic mass is 35.5. The fraction of sp³-hybridized carbons (Fsp3) is 0.471. The summed E-state index contributed by atoms with van der Waals surface area (Å²) in [4.78, 5) is 39.8. The summed E-state index contributed by atoms with van der Waals surface area (Å²) in [7, 11) is 0. The molecular weight excluding hydrogens is 358 g/mol. The maximum Gasteiger partial charge on any atom is 0.322 e. The zero-order valence-corrected chi connectivity index (χ0v) is 15.1. The Morgan fingerprint density at radius 2 is 1.96 bits per heavy atom. The molecule has 26 heavy (non-hydrogen) atoms. The Hall–Kier alpha value is -2.32. The Morgan fingerprint density at radius 1 is 1.23 bits per heavy atom. The number of urea groups is 1. The lowest BCUT2D eigenvalue weighted by molar-refractivity contribution is -0.132. The third-order valence-corrected chi connectivity index (χ3v) is 5.17. The van der Waals surface area contributed by atoms with Crippen molar-refractivity contribution in [1.29, 1.82) is 0 Å². The van der Waals surface area contributed by atoms with Crippen LogP contribution in [0.1, 0.15) is 12.8 Å². The van der Waals surface area contributed by atoms with Gasteiger partial charge in [0.05, 0.1) is 0 Å². The predicted molar refractivity (Wildman–Crippen MR) is 97.9 cm³/mol. The molecule has 2 saturated heterocycles. The summed E-state index contributed by atoms with van der Waals surface area (Å²) in [5.41, 5.74) is 5.52. The first kappa shape index (κ1) is 18.5. The van der Waals surface area contributed by atoms with Gasteiger partial charge in [0.25, 0.3) is 5.91 Å². The van der Waals surface area contributed by atoms with E-state index in [-0.39, 0.29) is 25.3 Å². The van der Waals surface area contributed by atoms with Crippen molar-refractivity contribution in [3.05, 3.63) is 29.3 Å². The van der Waals surface area contributed by atoms with E-state index in [1.807, 2.05) is 24.3 Å². The van der Waals surface area contributed by atoms with E-state index in [2.05, 4.69) is 15.5 Å². The van der Waals surface area contributed by atoms with Crippen LogP contribution in [0, 0.1) is 0 Å². The third-order valence-electron chi connectivity index (χ3n) is 4.93. The van der Waals surface area contributed by atoms with Gasteiger partial charge in [-0.15, -0.1) is 0 Å². The highest BCUT2D eigenvalue weighted by Gasteiger charge is 2.45. The number of nitrogens with one attached hydrogen (secondary N) is 2. The molecule has 0 spiro atoms. The smallest absolute Gasteiger partial charge is 0.322 e. The molecule has 2 aliphatic heterocycles. The first-order valence-electron chi connectivity index (χ1n) is 8.55. The Bertz CT molecular complexity index is 720. The molecule has 2 heterocycles. The number of rotatable bonds is 5. The molecule has 0 aliphatic carbocycles. The molecule has 2 fully saturated rings. The topological polar surface area (TPSA) is 108 Å². The zero-order chi connectivity index (χ0) is 18.7. The lowest BCUT2D eigenvalue weighted by Crippen LogP contribution is -2.54. The van der Waals surface area contributed by atoms with E-state index >= 15 is 0 Å². The summed E-state index contributed by atoms with van der Waals surface area (Å²) in [6.07, 6.45) is 0.344. The molecule has 1 aromatic rings. The summed E-state index contributed by atoms with van der Waals surface area (Å²) in [5, 5.41) is 5.41. The van der Waals surface area contributed by atoms with Crippen molar-refractivity contribution >= 4 is 35.1 Å². The van der Waals surface area contributed by atoms with E-state index in [1.165, 1.54) is 0 Å². The molecule has 0 bridgehead atoms. The van der Waals surface area contributed by atoms with E-state index in [1.54, 1.807) is 4.90 Å². The number of hydrogen-bond acceptors (Lipinski definition) is 5. The van der Waals surface area contributed by atoms with Gasteiger partial charge < -0.3 is 20.9 Å². The van der Waals surface area contributed by atoms with Gasteiger partial charge in [0.15, 0.2) is 0 Å². The number of nitrogens with zero attached hydrogens (tertiary/aromatic N) is 2. The molecule has 140 valence electrons. The largest absolute Gasteiger partial charge is 0.368 e. The first-order chi connectivity index (χ1) is 12.4. The Balaban J connectivity index is 1.52. The van der Waals surface area contributed by atoms with Crippen molar-refractivity contribution in [3.8, 4) is 0 Å². The molecule has 0 aromatic heterocycles. The first-order valence-corrected chi connectivity index (χ1v) is 8.93. The van der Waals surface area contributed by atoms with Crippen LogP contribution in [-0.4, -0.2) is 61.0 Å². The molecule has 3 rings (SSSR count). The number of nitrogens with two attached hydrogens (primary N) is 1. The van der Waals surface area contributed by atoms with E-state index < -0.39 is 17.5 Å². The van der Waals surface area contributed by atoms with Gasteiger partial charge in [-0.2, -0.15) is 0 Å². The van der Waals surface area contributed by atoms with Gasteiger partial charge in [0.2, 0.25) is 5.91 Å². The normalized spacial score (nSPS) is 23.0. The molecule has 4 amide bonds. The van der Waals surface area contributed by atoms with Crippen molar-refractivity contribution in [3.63, 3.8) is 0 Å². The standard InChI is InChI=1S/C17H22ClN5O3/c18-12-2-1-3-13(10-12)22-6-8-23(9-7-22)14(24)4-5-17(11-19)15(25)20-16(26)21-17/h1-3,10H,4-9,11,19H2,(H2,20,21,25,26). The average Bonchev–Trinajstić information content (AvgIpc) is 2.93. The number of carbonyl (C=O) groups is 3. The van der Waals surface area contributed by atoms with Crippen LogP contribution < -0.4 is 21.3 Å². The Labute approximate surface area is 156 Å². The minimum Gasteiger partial charge on any atom is -0.368 e. The lowest BCUT2D eigenvalue weighted by atomic mass is 9.93. The molecular formula is C17H22ClN5O3. The predicted octanol–water partition coefficient (Wildman–Crippen LogP) is 0.306. The second-order valence-corrected chi connectivity index (χ2v) is 6.98. The molecule has 1 aromatic carbocycles. The minimum atomic E-state index is -1.19. The summed E-state index contributed by atoms with van der Waals surface area (Å²) in [5.74, 6) is -0.513. The summed E-state index contributed by atoms with van der Waals surface area (Å²) in [6, 6.07) is 7.07. The monoisotopic (exact) mass is 379 g/mol. The Morgan fingerprint density at radius 3 is 2.54 bits per heavy atom. The maximum absolute atomic E-state index is 12.5. The van der Waals surface area contributed by atoms with Gasteiger partial charge in [-0.25, -0.2) is 4.79 Å². The lowest BCUT2D eigenvalue weighted by Gasteiger charge is -2.36. The summed E-state index contributed by atoms with van der Waals surface area (Å²) >= 11 is 6.03. The van der Waals surface area contributed by atoms with Crippen molar-refractivity contribution in [2.24, 2.45) is 5.73 Å². The maximum atomic E-state index is 12.5. The second kappa shape index (κ2) is 7.51. The zero-order valence-electron chi connectivity index (χ0n) is 14.3. The fourth-order valence-corrected chi connectivity index (χ4v) is 3.50. The molecule has 0 saturated carbocycles. The van der Waals surface area contributed by atoms with Crippen LogP contribution >= 0.6 is 11.6 Å². The number of halogens is 1. The van der Waals surface area contributed by atoms with Crippen molar-refractivity contribution in [1.82, 2.24) is 15.5 Å². The average molecular weight is 380 g/mol. The van der Waals surface area contributed by atoms with Crippen molar-refractivity contribution in [2.45, 2.75) is 18.4 Å². The summed E-state index contributed by atoms with van der Waals surface area (Å²) < 4.78 is 0. The number of piperazine rings is 1. The molecule has 4 N–H and O–H groups in total. The SMILES string of the molecule is NCC1(CCC(=O)N2CCN(c3cccc(Cl)c3)CC2)NC(=O)NC1=O. The molecule has 0 radical (unpaired) electrons. The quantitative estimate of drug-likeness (QED) is 0.638. The second-order valence-electron chi connectivity index (χ2n) is 6.54. The van der Waals surface area contributed by atoms with Crippen LogP contribution in [0.25, 0.3) is 0 Å². The van der Waals surface area contributed by atoms with Gasteiger partial charge in [-0.3, -0.25) is 14.9 Å². The van der Waals surface area contributed by atoms with Crippen LogP contribution in [-0.2, 0) is 9.59 Å². The minimum absolute atomic E-state index is 0.0413. The van der Waals surface area contributed by atoms with Gasteiger partial charge in [-0.1, -0.05) is 17.7 Å². The number of benzene rings is 1. The van der Waals surface area contributed by atoms with Gasteiger partial charge >= 0.3 is 6.03 Å². The van der Waals surface area contributed by atoms with Gasteiger partial charge in [0, 0.05) is 49.9 Å². The number of carbonyl (C=O) groups excluding carboxylic acids is 3. The van der Waals surface area contributed by atoms with Gasteiger partial charge in [0.1, 0.15) is 5.54 Å². The Kier molecular flexibility index (Phi) is 5.33. The van der Waals surface area contributed by atoms with E-state index in [4.69, 9.17) is 17.3 Å². The van der Waals surface area contributed by atoms with Crippen molar-refractivity contribution < 1.29 is 14.4 Å². The van der Waals surface area contributed by atoms with Crippen LogP contribution in [0.15, 0.2) is 24.3 Å². The molecule has 2 aliphatic rings. The molecule has 8 nitrogen and oxygen atoms in total. The third kappa shape index (κ3) is 3.76. The highest BCUT2D eigenvalue weighted by molar-refractivity contribution is 6.30. The van der Waals surface area contributed by atoms with Crippen LogP contribution in [0.3, 0.4) is 0 Å². The van der Waals surface area contributed by atoms with E-state index in [0.29, 0.717) is 31.2 Å². The fourth-order valence-electron chi connectivity index (χ4n) is 3.32. The van der Waals surface area contributed by atoms with E-state index in [9.17, 15) is 14.4 Å². The molecule has 1 unspecified atom stereocenters. The molecule has 9 heteroatoms. The van der Waals surface area contributed by atoms with Crippen LogP contribution in [0.2, 0.25) is 5.02 Å². The number of imide groups is 1. The number of anilines is 1. The number of amides is 4. The van der Waals surface area contributed by atoms with Crippen LogP contribution in [0.4, 0.5) is 10.5 Å².